The first-order chi connectivity index (χ1) is 12.9. The fourth-order valence-corrected chi connectivity index (χ4v) is 3.76. The highest BCUT2D eigenvalue weighted by Crippen LogP contribution is 2.44. The van der Waals surface area contributed by atoms with E-state index in [4.69, 9.17) is 33.7 Å². The zero-order chi connectivity index (χ0) is 19.3. The molecule has 1 aromatic heterocycles. The minimum Gasteiger partial charge on any atom is -0.439 e. The molecular weight excluding hydrogens is 385 g/mol. The van der Waals surface area contributed by atoms with Crippen LogP contribution in [0.5, 0.6) is 5.75 Å². The van der Waals surface area contributed by atoms with Crippen LogP contribution >= 0.6 is 23.2 Å². The third-order valence-corrected chi connectivity index (χ3v) is 5.48. The number of ether oxygens (including phenoxy) is 1. The molecule has 1 aliphatic heterocycles. The first-order valence-electron chi connectivity index (χ1n) is 8.08. The van der Waals surface area contributed by atoms with Crippen molar-refractivity contribution in [3.8, 4) is 11.8 Å². The van der Waals surface area contributed by atoms with E-state index in [-0.39, 0.29) is 17.0 Å². The third-order valence-electron chi connectivity index (χ3n) is 4.74. The van der Waals surface area contributed by atoms with Gasteiger partial charge < -0.3 is 15.0 Å². The molecule has 2 heterocycles. The van der Waals surface area contributed by atoms with E-state index in [1.165, 1.54) is 0 Å². The Hall–Kier alpha value is -2.94. The topological polar surface area (TPSA) is 81.0 Å². The number of nitrogens with zero attached hydrogens (tertiary/aromatic N) is 2. The van der Waals surface area contributed by atoms with Gasteiger partial charge in [0.15, 0.2) is 0 Å². The Morgan fingerprint density at radius 1 is 1.19 bits per heavy atom. The molecule has 0 amide bonds. The van der Waals surface area contributed by atoms with Crippen molar-refractivity contribution in [2.24, 2.45) is 12.8 Å². The van der Waals surface area contributed by atoms with E-state index in [0.29, 0.717) is 32.4 Å². The molecule has 5 nitrogen and oxygen atoms in total. The van der Waals surface area contributed by atoms with Gasteiger partial charge in [-0.25, -0.2) is 0 Å². The number of fused-ring (bicyclic) bond motifs is 3. The SMILES string of the molecule is Cn1c(=O)c2c(c3ccccc31)OC(N)=C(C#N)[C@@H]2c1ccc(Cl)c(Cl)c1. The van der Waals surface area contributed by atoms with E-state index >= 15 is 0 Å². The Bertz CT molecular complexity index is 1240. The summed E-state index contributed by atoms with van der Waals surface area (Å²) in [4.78, 5) is 13.2. The zero-order valence-corrected chi connectivity index (χ0v) is 15.7. The molecule has 0 saturated heterocycles. The highest BCUT2D eigenvalue weighted by atomic mass is 35.5. The number of nitriles is 1. The first kappa shape index (κ1) is 17.5. The van der Waals surface area contributed by atoms with Gasteiger partial charge in [-0.1, -0.05) is 41.4 Å². The normalized spacial score (nSPS) is 16.0. The number of rotatable bonds is 1. The second kappa shape index (κ2) is 6.34. The molecule has 134 valence electrons. The third kappa shape index (κ3) is 2.57. The molecule has 0 radical (unpaired) electrons. The van der Waals surface area contributed by atoms with Crippen molar-refractivity contribution in [2.45, 2.75) is 5.92 Å². The van der Waals surface area contributed by atoms with Crippen molar-refractivity contribution >= 4 is 34.1 Å². The van der Waals surface area contributed by atoms with Crippen LogP contribution in [0.15, 0.2) is 58.7 Å². The number of hydrogen-bond donors (Lipinski definition) is 1. The molecule has 0 fully saturated rings. The van der Waals surface area contributed by atoms with Crippen LogP contribution in [0.4, 0.5) is 0 Å². The van der Waals surface area contributed by atoms with Gasteiger partial charge in [-0.05, 0) is 29.8 Å². The van der Waals surface area contributed by atoms with Gasteiger partial charge in [0.25, 0.3) is 5.56 Å². The molecule has 7 heteroatoms. The number of hydrogen-bond acceptors (Lipinski definition) is 4. The second-order valence-electron chi connectivity index (χ2n) is 6.22. The van der Waals surface area contributed by atoms with Crippen molar-refractivity contribution in [1.82, 2.24) is 4.57 Å². The van der Waals surface area contributed by atoms with Crippen molar-refractivity contribution < 1.29 is 4.74 Å². The van der Waals surface area contributed by atoms with Crippen LogP contribution in [0.2, 0.25) is 10.0 Å². The van der Waals surface area contributed by atoms with Crippen molar-refractivity contribution in [3.05, 3.63) is 85.4 Å². The van der Waals surface area contributed by atoms with E-state index in [1.807, 2.05) is 24.3 Å². The van der Waals surface area contributed by atoms with Gasteiger partial charge in [-0.3, -0.25) is 4.79 Å². The summed E-state index contributed by atoms with van der Waals surface area (Å²) in [5.74, 6) is -0.363. The Kier molecular flexibility index (Phi) is 4.11. The van der Waals surface area contributed by atoms with Crippen molar-refractivity contribution in [1.29, 1.82) is 5.26 Å². The van der Waals surface area contributed by atoms with Gasteiger partial charge in [0.05, 0.1) is 27.0 Å². The standard InChI is InChI=1S/C20H13Cl2N3O2/c1-25-15-5-3-2-4-11(15)18-17(20(25)26)16(12(9-23)19(24)27-18)10-6-7-13(21)14(22)8-10/h2-8,16H,24H2,1H3/t16-/m0/s1. The van der Waals surface area contributed by atoms with Crippen LogP contribution in [-0.4, -0.2) is 4.57 Å². The smallest absolute Gasteiger partial charge is 0.258 e. The highest BCUT2D eigenvalue weighted by Gasteiger charge is 2.35. The molecule has 0 spiro atoms. The number of halogens is 2. The van der Waals surface area contributed by atoms with Gasteiger partial charge in [-0.2, -0.15) is 5.26 Å². The Labute approximate surface area is 164 Å². The van der Waals surface area contributed by atoms with E-state index in [0.717, 1.165) is 5.39 Å². The summed E-state index contributed by atoms with van der Waals surface area (Å²) in [6, 6.07) is 14.4. The molecule has 1 atom stereocenters. The van der Waals surface area contributed by atoms with Gasteiger partial charge in [0.2, 0.25) is 5.88 Å². The summed E-state index contributed by atoms with van der Waals surface area (Å²) in [5, 5.41) is 11.1. The van der Waals surface area contributed by atoms with Crippen LogP contribution in [0.3, 0.4) is 0 Å². The number of aryl methyl sites for hydroxylation is 1. The zero-order valence-electron chi connectivity index (χ0n) is 14.2. The van der Waals surface area contributed by atoms with Gasteiger partial charge >= 0.3 is 0 Å². The fraction of sp³-hybridized carbons (Fsp3) is 0.100. The Morgan fingerprint density at radius 2 is 1.93 bits per heavy atom. The number of aromatic nitrogens is 1. The molecule has 2 N–H and O–H groups in total. The minimum atomic E-state index is -0.697. The summed E-state index contributed by atoms with van der Waals surface area (Å²) in [5.41, 5.74) is 7.64. The molecule has 4 rings (SSSR count). The number of benzene rings is 2. The van der Waals surface area contributed by atoms with Crippen molar-refractivity contribution in [2.75, 3.05) is 0 Å². The van der Waals surface area contributed by atoms with Gasteiger partial charge in [-0.15, -0.1) is 0 Å². The number of pyridine rings is 1. The lowest BCUT2D eigenvalue weighted by atomic mass is 9.83. The van der Waals surface area contributed by atoms with E-state index in [1.54, 1.807) is 29.8 Å². The predicted octanol–water partition coefficient (Wildman–Crippen LogP) is 4.06. The summed E-state index contributed by atoms with van der Waals surface area (Å²) >= 11 is 12.2. The molecule has 1 aliphatic rings. The van der Waals surface area contributed by atoms with E-state index in [9.17, 15) is 10.1 Å². The minimum absolute atomic E-state index is 0.0283. The van der Waals surface area contributed by atoms with Gasteiger partial charge in [0, 0.05) is 12.4 Å². The van der Waals surface area contributed by atoms with Crippen LogP contribution in [-0.2, 0) is 7.05 Å². The molecule has 0 aliphatic carbocycles. The van der Waals surface area contributed by atoms with Crippen LogP contribution in [0.25, 0.3) is 10.9 Å². The van der Waals surface area contributed by atoms with Crippen LogP contribution < -0.4 is 16.0 Å². The summed E-state index contributed by atoms with van der Waals surface area (Å²) in [6.45, 7) is 0. The largest absolute Gasteiger partial charge is 0.439 e. The molecular formula is C20H13Cl2N3O2. The van der Waals surface area contributed by atoms with Crippen LogP contribution in [0, 0.1) is 11.3 Å². The molecule has 27 heavy (non-hydrogen) atoms. The quantitative estimate of drug-likeness (QED) is 0.670. The first-order valence-corrected chi connectivity index (χ1v) is 8.83. The fourth-order valence-electron chi connectivity index (χ4n) is 3.45. The van der Waals surface area contributed by atoms with E-state index in [2.05, 4.69) is 6.07 Å². The lowest BCUT2D eigenvalue weighted by Crippen LogP contribution is -2.31. The lowest BCUT2D eigenvalue weighted by molar-refractivity contribution is 0.396. The molecule has 3 aromatic rings. The van der Waals surface area contributed by atoms with E-state index < -0.39 is 5.92 Å². The number of allylic oxidation sites excluding steroid dienone is 1. The maximum absolute atomic E-state index is 13.2. The predicted molar refractivity (Wildman–Crippen MR) is 105 cm³/mol. The van der Waals surface area contributed by atoms with Gasteiger partial charge in [0.1, 0.15) is 17.4 Å². The maximum Gasteiger partial charge on any atom is 0.258 e. The molecule has 2 aromatic carbocycles. The highest BCUT2D eigenvalue weighted by molar-refractivity contribution is 6.42. The number of para-hydroxylation sites is 1. The maximum atomic E-state index is 13.2. The summed E-state index contributed by atoms with van der Waals surface area (Å²) < 4.78 is 7.29. The summed E-state index contributed by atoms with van der Waals surface area (Å²) in [6.07, 6.45) is 0. The average Bonchev–Trinajstić information content (AvgIpc) is 2.67. The van der Waals surface area contributed by atoms with Crippen LogP contribution in [0.1, 0.15) is 17.0 Å². The Morgan fingerprint density at radius 3 is 2.63 bits per heavy atom. The molecule has 0 unspecified atom stereocenters. The summed E-state index contributed by atoms with van der Waals surface area (Å²) in [7, 11) is 1.69. The molecule has 0 bridgehead atoms. The molecule has 0 saturated carbocycles. The average molecular weight is 398 g/mol. The lowest BCUT2D eigenvalue weighted by Gasteiger charge is -2.27. The number of nitrogens with two attached hydrogens (primary N) is 1. The van der Waals surface area contributed by atoms with Crippen molar-refractivity contribution in [3.63, 3.8) is 0 Å². The Balaban J connectivity index is 2.13. The second-order valence-corrected chi connectivity index (χ2v) is 7.04. The monoisotopic (exact) mass is 397 g/mol.